The SMILES string of the molecule is C/C=C\CCNCCc1c(CC)ncnc1N1CCN(CCC)CC1. The first-order valence-electron chi connectivity index (χ1n) is 9.92. The molecule has 5 nitrogen and oxygen atoms in total. The third-order valence-electron chi connectivity index (χ3n) is 4.83. The predicted molar refractivity (Wildman–Crippen MR) is 106 cm³/mol. The molecular formula is C20H35N5. The number of nitrogens with one attached hydrogen (secondary N) is 1. The van der Waals surface area contributed by atoms with Gasteiger partial charge in [0.05, 0.1) is 0 Å². The highest BCUT2D eigenvalue weighted by Crippen LogP contribution is 2.22. The number of aromatic nitrogens is 2. The molecule has 1 aliphatic heterocycles. The molecule has 0 bridgehead atoms. The van der Waals surface area contributed by atoms with Gasteiger partial charge in [-0.1, -0.05) is 26.0 Å². The molecule has 0 amide bonds. The van der Waals surface area contributed by atoms with Crippen molar-refractivity contribution in [2.75, 3.05) is 50.7 Å². The van der Waals surface area contributed by atoms with Crippen molar-refractivity contribution < 1.29 is 0 Å². The van der Waals surface area contributed by atoms with E-state index in [2.05, 4.69) is 58.0 Å². The van der Waals surface area contributed by atoms with Gasteiger partial charge in [0, 0.05) is 37.4 Å². The molecule has 5 heteroatoms. The lowest BCUT2D eigenvalue weighted by atomic mass is 10.1. The van der Waals surface area contributed by atoms with E-state index in [1.54, 1.807) is 6.33 Å². The van der Waals surface area contributed by atoms with Crippen LogP contribution in [0.15, 0.2) is 18.5 Å². The number of allylic oxidation sites excluding steroid dienone is 1. The average Bonchev–Trinajstić information content (AvgIpc) is 2.65. The van der Waals surface area contributed by atoms with Crippen molar-refractivity contribution in [3.8, 4) is 0 Å². The Kier molecular flexibility index (Phi) is 8.91. The number of piperazine rings is 1. The maximum atomic E-state index is 4.67. The molecule has 2 heterocycles. The van der Waals surface area contributed by atoms with E-state index >= 15 is 0 Å². The molecule has 1 saturated heterocycles. The van der Waals surface area contributed by atoms with Crippen LogP contribution in [-0.2, 0) is 12.8 Å². The third-order valence-corrected chi connectivity index (χ3v) is 4.83. The maximum absolute atomic E-state index is 4.67. The Morgan fingerprint density at radius 3 is 2.60 bits per heavy atom. The first-order valence-corrected chi connectivity index (χ1v) is 9.92. The lowest BCUT2D eigenvalue weighted by Crippen LogP contribution is -2.47. The van der Waals surface area contributed by atoms with E-state index in [4.69, 9.17) is 0 Å². The second-order valence-electron chi connectivity index (χ2n) is 6.66. The Morgan fingerprint density at radius 2 is 1.92 bits per heavy atom. The molecule has 0 aromatic carbocycles. The van der Waals surface area contributed by atoms with Gasteiger partial charge in [-0.3, -0.25) is 4.90 Å². The lowest BCUT2D eigenvalue weighted by Gasteiger charge is -2.36. The van der Waals surface area contributed by atoms with Gasteiger partial charge in [-0.2, -0.15) is 0 Å². The minimum Gasteiger partial charge on any atom is -0.354 e. The Balaban J connectivity index is 1.98. The molecular weight excluding hydrogens is 310 g/mol. The number of anilines is 1. The van der Waals surface area contributed by atoms with Crippen LogP contribution >= 0.6 is 0 Å². The first kappa shape index (κ1) is 19.9. The second-order valence-corrected chi connectivity index (χ2v) is 6.66. The number of rotatable bonds is 10. The Morgan fingerprint density at radius 1 is 1.12 bits per heavy atom. The van der Waals surface area contributed by atoms with Crippen LogP contribution in [-0.4, -0.2) is 60.7 Å². The fraction of sp³-hybridized carbons (Fsp3) is 0.700. The van der Waals surface area contributed by atoms with Gasteiger partial charge in [0.15, 0.2) is 0 Å². The highest BCUT2D eigenvalue weighted by atomic mass is 15.3. The van der Waals surface area contributed by atoms with Crippen molar-refractivity contribution in [3.05, 3.63) is 29.7 Å². The molecule has 1 aromatic rings. The zero-order chi connectivity index (χ0) is 17.9. The summed E-state index contributed by atoms with van der Waals surface area (Å²) in [5.41, 5.74) is 2.55. The molecule has 1 N–H and O–H groups in total. The van der Waals surface area contributed by atoms with Crippen LogP contribution in [0.25, 0.3) is 0 Å². The maximum Gasteiger partial charge on any atom is 0.135 e. The van der Waals surface area contributed by atoms with Crippen LogP contribution in [0.1, 0.15) is 44.9 Å². The van der Waals surface area contributed by atoms with E-state index in [0.717, 1.165) is 58.5 Å². The average molecular weight is 346 g/mol. The summed E-state index contributed by atoms with van der Waals surface area (Å²) in [5, 5.41) is 3.54. The summed E-state index contributed by atoms with van der Waals surface area (Å²) in [5.74, 6) is 1.17. The van der Waals surface area contributed by atoms with Gasteiger partial charge in [0.1, 0.15) is 12.1 Å². The van der Waals surface area contributed by atoms with E-state index in [1.807, 2.05) is 0 Å². The fourth-order valence-corrected chi connectivity index (χ4v) is 3.46. The van der Waals surface area contributed by atoms with Gasteiger partial charge in [-0.15, -0.1) is 0 Å². The molecule has 1 fully saturated rings. The smallest absolute Gasteiger partial charge is 0.135 e. The summed E-state index contributed by atoms with van der Waals surface area (Å²) >= 11 is 0. The Hall–Kier alpha value is -1.46. The predicted octanol–water partition coefficient (Wildman–Crippen LogP) is 2.67. The largest absolute Gasteiger partial charge is 0.354 e. The van der Waals surface area contributed by atoms with Crippen LogP contribution in [0.3, 0.4) is 0 Å². The molecule has 0 saturated carbocycles. The zero-order valence-electron chi connectivity index (χ0n) is 16.3. The molecule has 25 heavy (non-hydrogen) atoms. The van der Waals surface area contributed by atoms with Gasteiger partial charge >= 0.3 is 0 Å². The van der Waals surface area contributed by atoms with Crippen molar-refractivity contribution in [3.63, 3.8) is 0 Å². The molecule has 2 rings (SSSR count). The van der Waals surface area contributed by atoms with Gasteiger partial charge < -0.3 is 10.2 Å². The van der Waals surface area contributed by atoms with Crippen LogP contribution < -0.4 is 10.2 Å². The number of aryl methyl sites for hydroxylation is 1. The van der Waals surface area contributed by atoms with Crippen LogP contribution in [0, 0.1) is 0 Å². The molecule has 0 aliphatic carbocycles. The summed E-state index contributed by atoms with van der Waals surface area (Å²) in [6, 6.07) is 0. The molecule has 0 radical (unpaired) electrons. The summed E-state index contributed by atoms with van der Waals surface area (Å²) in [4.78, 5) is 14.2. The summed E-state index contributed by atoms with van der Waals surface area (Å²) in [6.07, 6.45) is 10.4. The van der Waals surface area contributed by atoms with Gasteiger partial charge in [0.25, 0.3) is 0 Å². The first-order chi connectivity index (χ1) is 12.3. The summed E-state index contributed by atoms with van der Waals surface area (Å²) in [7, 11) is 0. The van der Waals surface area contributed by atoms with Crippen molar-refractivity contribution in [1.82, 2.24) is 20.2 Å². The van der Waals surface area contributed by atoms with Crippen molar-refractivity contribution >= 4 is 5.82 Å². The van der Waals surface area contributed by atoms with Gasteiger partial charge in [-0.05, 0) is 52.2 Å². The van der Waals surface area contributed by atoms with Gasteiger partial charge in [-0.25, -0.2) is 9.97 Å². The van der Waals surface area contributed by atoms with Crippen molar-refractivity contribution in [2.24, 2.45) is 0 Å². The van der Waals surface area contributed by atoms with Crippen LogP contribution in [0.5, 0.6) is 0 Å². The number of hydrogen-bond donors (Lipinski definition) is 1. The molecule has 140 valence electrons. The number of nitrogens with zero attached hydrogens (tertiary/aromatic N) is 4. The molecule has 1 aliphatic rings. The molecule has 0 unspecified atom stereocenters. The van der Waals surface area contributed by atoms with E-state index in [-0.39, 0.29) is 0 Å². The third kappa shape index (κ3) is 6.08. The highest BCUT2D eigenvalue weighted by Gasteiger charge is 2.21. The Bertz CT molecular complexity index is 521. The molecule has 0 atom stereocenters. The van der Waals surface area contributed by atoms with Crippen LogP contribution in [0.2, 0.25) is 0 Å². The van der Waals surface area contributed by atoms with Gasteiger partial charge in [0.2, 0.25) is 0 Å². The van der Waals surface area contributed by atoms with Crippen molar-refractivity contribution in [2.45, 2.75) is 46.5 Å². The zero-order valence-corrected chi connectivity index (χ0v) is 16.3. The highest BCUT2D eigenvalue weighted by molar-refractivity contribution is 5.49. The van der Waals surface area contributed by atoms with E-state index in [0.29, 0.717) is 0 Å². The molecule has 1 aromatic heterocycles. The van der Waals surface area contributed by atoms with Crippen molar-refractivity contribution in [1.29, 1.82) is 0 Å². The minimum absolute atomic E-state index is 0.971. The normalized spacial score (nSPS) is 16.0. The topological polar surface area (TPSA) is 44.3 Å². The summed E-state index contributed by atoms with van der Waals surface area (Å²) in [6.45, 7) is 14.2. The second kappa shape index (κ2) is 11.2. The number of hydrogen-bond acceptors (Lipinski definition) is 5. The van der Waals surface area contributed by atoms with E-state index < -0.39 is 0 Å². The van der Waals surface area contributed by atoms with Crippen LogP contribution in [0.4, 0.5) is 5.82 Å². The quantitative estimate of drug-likeness (QED) is 0.522. The fourth-order valence-electron chi connectivity index (χ4n) is 3.46. The monoisotopic (exact) mass is 345 g/mol. The van der Waals surface area contributed by atoms with E-state index in [1.165, 1.54) is 30.0 Å². The summed E-state index contributed by atoms with van der Waals surface area (Å²) < 4.78 is 0. The lowest BCUT2D eigenvalue weighted by molar-refractivity contribution is 0.257. The van der Waals surface area contributed by atoms with E-state index in [9.17, 15) is 0 Å². The molecule has 0 spiro atoms. The minimum atomic E-state index is 0.971. The standard InChI is InChI=1S/C20H35N5/c1-4-7-8-10-21-11-9-18-19(6-3)22-17-23-20(18)25-15-13-24(12-5-2)14-16-25/h4,7,17,21H,5-6,8-16H2,1-3H3/b7-4-. The Labute approximate surface area is 153 Å².